The van der Waals surface area contributed by atoms with Gasteiger partial charge in [0.15, 0.2) is 0 Å². The van der Waals surface area contributed by atoms with Gasteiger partial charge in [-0.05, 0) is 43.3 Å². The van der Waals surface area contributed by atoms with Gasteiger partial charge in [0.25, 0.3) is 0 Å². The zero-order chi connectivity index (χ0) is 20.3. The van der Waals surface area contributed by atoms with Gasteiger partial charge in [0.05, 0.1) is 11.4 Å². The number of hydrogen-bond donors (Lipinski definition) is 2. The molecule has 0 unspecified atom stereocenters. The molecule has 0 radical (unpaired) electrons. The van der Waals surface area contributed by atoms with Crippen LogP contribution in [0.3, 0.4) is 0 Å². The van der Waals surface area contributed by atoms with E-state index in [0.29, 0.717) is 21.8 Å². The monoisotopic (exact) mass is 405 g/mol. The summed E-state index contributed by atoms with van der Waals surface area (Å²) < 4.78 is 30.6. The number of aromatic hydroxyl groups is 2. The van der Waals surface area contributed by atoms with Crippen molar-refractivity contribution in [2.24, 2.45) is 10.1 Å². The fraction of sp³-hybridized carbons (Fsp3) is 0.158. The molecule has 28 heavy (non-hydrogen) atoms. The first-order valence-corrected chi connectivity index (χ1v) is 9.03. The number of ether oxygens (including phenoxy) is 1. The second-order valence-corrected chi connectivity index (χ2v) is 6.57. The summed E-state index contributed by atoms with van der Waals surface area (Å²) in [5.41, 5.74) is 2.40. The Balaban J connectivity index is 2.03. The highest BCUT2D eigenvalue weighted by Gasteiger charge is 2.11. The van der Waals surface area contributed by atoms with Crippen LogP contribution < -0.4 is 9.54 Å². The molecular formula is C19H17F2N3O3S. The summed E-state index contributed by atoms with van der Waals surface area (Å²) in [6.07, 6.45) is 0. The van der Waals surface area contributed by atoms with Gasteiger partial charge in [-0.15, -0.1) is 11.3 Å². The van der Waals surface area contributed by atoms with E-state index in [2.05, 4.69) is 14.8 Å². The lowest BCUT2D eigenvalue weighted by atomic mass is 10.1. The molecule has 6 nitrogen and oxygen atoms in total. The smallest absolute Gasteiger partial charge is 0.387 e. The van der Waals surface area contributed by atoms with E-state index in [1.54, 1.807) is 36.8 Å². The lowest BCUT2D eigenvalue weighted by molar-refractivity contribution is -0.0498. The fourth-order valence-electron chi connectivity index (χ4n) is 2.58. The molecule has 0 saturated carbocycles. The number of halogens is 2. The number of alkyl halides is 2. The normalized spacial score (nSPS) is 12.6. The van der Waals surface area contributed by atoms with Crippen LogP contribution >= 0.6 is 11.3 Å². The van der Waals surface area contributed by atoms with Gasteiger partial charge in [-0.3, -0.25) is 4.99 Å². The quantitative estimate of drug-likeness (QED) is 0.629. The average molecular weight is 405 g/mol. The second kappa shape index (κ2) is 8.22. The van der Waals surface area contributed by atoms with Crippen LogP contribution in [0.2, 0.25) is 0 Å². The van der Waals surface area contributed by atoms with Gasteiger partial charge < -0.3 is 14.9 Å². The maximum absolute atomic E-state index is 12.3. The van der Waals surface area contributed by atoms with Gasteiger partial charge in [-0.2, -0.15) is 13.9 Å². The molecule has 0 bridgehead atoms. The molecule has 3 aromatic rings. The Kier molecular flexibility index (Phi) is 5.74. The van der Waals surface area contributed by atoms with Crippen LogP contribution in [0.25, 0.3) is 11.3 Å². The van der Waals surface area contributed by atoms with E-state index < -0.39 is 6.61 Å². The van der Waals surface area contributed by atoms with Crippen molar-refractivity contribution in [3.63, 3.8) is 0 Å². The number of rotatable bonds is 5. The molecular weight excluding hydrogens is 388 g/mol. The summed E-state index contributed by atoms with van der Waals surface area (Å²) in [5, 5.41) is 25.9. The van der Waals surface area contributed by atoms with Crippen LogP contribution in [0.4, 0.5) is 8.78 Å². The van der Waals surface area contributed by atoms with E-state index in [0.717, 1.165) is 5.56 Å². The van der Waals surface area contributed by atoms with E-state index in [1.807, 2.05) is 5.38 Å². The summed E-state index contributed by atoms with van der Waals surface area (Å²) in [6, 6.07) is 10.5. The van der Waals surface area contributed by atoms with E-state index in [-0.39, 0.29) is 17.2 Å². The number of nitrogens with zero attached hydrogens (tertiary/aromatic N) is 3. The number of phenols is 2. The van der Waals surface area contributed by atoms with Crippen LogP contribution in [-0.2, 0) is 0 Å². The Bertz CT molecular complexity index is 1070. The first kappa shape index (κ1) is 19.6. The minimum absolute atomic E-state index is 0.0479. The Labute approximate surface area is 163 Å². The Morgan fingerprint density at radius 2 is 1.86 bits per heavy atom. The summed E-state index contributed by atoms with van der Waals surface area (Å²) in [7, 11) is 1.63. The third-order valence-electron chi connectivity index (χ3n) is 3.87. The minimum Gasteiger partial charge on any atom is -0.508 e. The predicted octanol–water partition coefficient (Wildman–Crippen LogP) is 4.03. The molecule has 0 aliphatic heterocycles. The maximum Gasteiger partial charge on any atom is 0.387 e. The first-order valence-electron chi connectivity index (χ1n) is 8.15. The third-order valence-corrected chi connectivity index (χ3v) is 4.78. The van der Waals surface area contributed by atoms with Gasteiger partial charge in [-0.25, -0.2) is 4.68 Å². The number of aromatic nitrogens is 1. The minimum atomic E-state index is -2.88. The van der Waals surface area contributed by atoms with Gasteiger partial charge in [0, 0.05) is 29.6 Å². The summed E-state index contributed by atoms with van der Waals surface area (Å²) in [6.45, 7) is -1.16. The predicted molar refractivity (Wildman–Crippen MR) is 103 cm³/mol. The first-order chi connectivity index (χ1) is 13.4. The molecule has 0 amide bonds. The number of phenolic OH excluding ortho intramolecular Hbond substituents is 2. The van der Waals surface area contributed by atoms with Crippen molar-refractivity contribution in [3.05, 3.63) is 58.2 Å². The molecule has 3 rings (SSSR count). The number of benzene rings is 2. The molecule has 9 heteroatoms. The zero-order valence-corrected chi connectivity index (χ0v) is 15.8. The molecule has 2 aromatic carbocycles. The van der Waals surface area contributed by atoms with E-state index >= 15 is 0 Å². The lowest BCUT2D eigenvalue weighted by Gasteiger charge is -2.09. The molecule has 0 aliphatic rings. The van der Waals surface area contributed by atoms with Crippen molar-refractivity contribution in [2.45, 2.75) is 13.5 Å². The molecule has 2 N–H and O–H groups in total. The highest BCUT2D eigenvalue weighted by Crippen LogP contribution is 2.26. The number of thiazole rings is 1. The van der Waals surface area contributed by atoms with Crippen LogP contribution in [0, 0.1) is 0 Å². The molecule has 0 aliphatic carbocycles. The molecule has 0 spiro atoms. The Morgan fingerprint density at radius 1 is 1.14 bits per heavy atom. The average Bonchev–Trinajstić information content (AvgIpc) is 3.04. The van der Waals surface area contributed by atoms with E-state index in [9.17, 15) is 19.0 Å². The van der Waals surface area contributed by atoms with Crippen molar-refractivity contribution in [2.75, 3.05) is 7.05 Å². The van der Waals surface area contributed by atoms with Crippen molar-refractivity contribution in [1.82, 2.24) is 4.68 Å². The molecule has 0 fully saturated rings. The third kappa shape index (κ3) is 4.20. The van der Waals surface area contributed by atoms with Crippen LogP contribution in [0.15, 0.2) is 57.9 Å². The van der Waals surface area contributed by atoms with Crippen molar-refractivity contribution < 1.29 is 23.7 Å². The van der Waals surface area contributed by atoms with E-state index in [4.69, 9.17) is 0 Å². The summed E-state index contributed by atoms with van der Waals surface area (Å²) in [5.74, 6) is -0.0787. The number of hydrogen-bond acceptors (Lipinski definition) is 6. The maximum atomic E-state index is 12.3. The molecule has 0 saturated heterocycles. The second-order valence-electron chi connectivity index (χ2n) is 5.73. The lowest BCUT2D eigenvalue weighted by Crippen LogP contribution is -2.13. The van der Waals surface area contributed by atoms with Gasteiger partial charge in [0.2, 0.25) is 4.80 Å². The summed E-state index contributed by atoms with van der Waals surface area (Å²) in [4.78, 5) is 4.82. The van der Waals surface area contributed by atoms with Crippen LogP contribution in [-0.4, -0.2) is 34.3 Å². The van der Waals surface area contributed by atoms with Crippen molar-refractivity contribution in [1.29, 1.82) is 0 Å². The highest BCUT2D eigenvalue weighted by atomic mass is 32.1. The summed E-state index contributed by atoms with van der Waals surface area (Å²) >= 11 is 1.37. The largest absolute Gasteiger partial charge is 0.508 e. The van der Waals surface area contributed by atoms with Crippen molar-refractivity contribution >= 4 is 17.0 Å². The Morgan fingerprint density at radius 3 is 2.46 bits per heavy atom. The van der Waals surface area contributed by atoms with Gasteiger partial charge in [-0.1, -0.05) is 0 Å². The van der Waals surface area contributed by atoms with Crippen LogP contribution in [0.5, 0.6) is 17.2 Å². The molecule has 146 valence electrons. The molecule has 0 atom stereocenters. The fourth-order valence-corrected chi connectivity index (χ4v) is 3.38. The zero-order valence-electron chi connectivity index (χ0n) is 15.0. The van der Waals surface area contributed by atoms with Gasteiger partial charge in [0.1, 0.15) is 17.2 Å². The van der Waals surface area contributed by atoms with E-state index in [1.165, 1.54) is 35.6 Å². The molecule has 1 aromatic heterocycles. The standard InChI is InChI=1S/C19H17F2N3O3S/c1-11(15-8-5-13(25)9-17(15)26)23-24-16(10-28-19(24)22-2)12-3-6-14(7-4-12)27-18(20)21/h3-10,18,25-26H,1-2H3. The topological polar surface area (TPSA) is 79.3 Å². The van der Waals surface area contributed by atoms with Crippen LogP contribution in [0.1, 0.15) is 12.5 Å². The van der Waals surface area contributed by atoms with Crippen molar-refractivity contribution in [3.8, 4) is 28.5 Å². The SMILES string of the molecule is CN=c1scc(-c2ccc(OC(F)F)cc2)n1N=C(C)c1ccc(O)cc1O. The Hall–Kier alpha value is -3.20. The van der Waals surface area contributed by atoms with Gasteiger partial charge >= 0.3 is 6.61 Å². The highest BCUT2D eigenvalue weighted by molar-refractivity contribution is 7.07. The molecule has 1 heterocycles.